The van der Waals surface area contributed by atoms with Gasteiger partial charge in [-0.3, -0.25) is 0 Å². The molecule has 1 heterocycles. The van der Waals surface area contributed by atoms with Gasteiger partial charge in [-0.25, -0.2) is 9.38 Å². The number of halogens is 2. The van der Waals surface area contributed by atoms with Gasteiger partial charge in [-0.2, -0.15) is 0 Å². The Morgan fingerprint density at radius 1 is 1.37 bits per heavy atom. The van der Waals surface area contributed by atoms with Crippen LogP contribution in [0.3, 0.4) is 0 Å². The van der Waals surface area contributed by atoms with Crippen molar-refractivity contribution in [2.45, 2.75) is 52.8 Å². The molecule has 1 aromatic carbocycles. The lowest BCUT2D eigenvalue weighted by Crippen LogP contribution is -2.67. The summed E-state index contributed by atoms with van der Waals surface area (Å²) >= 11 is 0. The molecule has 27 heavy (non-hydrogen) atoms. The minimum absolute atomic E-state index is 0. The van der Waals surface area contributed by atoms with Crippen LogP contribution in [0, 0.1) is 17.2 Å². The molecule has 7 heteroatoms. The second-order valence-electron chi connectivity index (χ2n) is 7.58. The summed E-state index contributed by atoms with van der Waals surface area (Å²) in [5.41, 5.74) is 0.904. The number of fused-ring (bicyclic) bond motifs is 1. The van der Waals surface area contributed by atoms with E-state index in [0.29, 0.717) is 31.2 Å². The number of nitrogens with zero attached hydrogens (tertiary/aromatic N) is 1. The van der Waals surface area contributed by atoms with Gasteiger partial charge in [0.05, 0.1) is 19.3 Å². The third-order valence-electron chi connectivity index (χ3n) is 5.45. The Morgan fingerprint density at radius 2 is 2.15 bits per heavy atom. The summed E-state index contributed by atoms with van der Waals surface area (Å²) < 4.78 is 25.1. The summed E-state index contributed by atoms with van der Waals surface area (Å²) in [6.07, 6.45) is 1.43. The Kier molecular flexibility index (Phi) is 7.73. The molecule has 3 unspecified atom stereocenters. The van der Waals surface area contributed by atoms with Gasteiger partial charge in [-0.15, -0.1) is 24.0 Å². The average Bonchev–Trinajstić information content (AvgIpc) is 3.06. The summed E-state index contributed by atoms with van der Waals surface area (Å²) in [4.78, 5) is 4.65. The van der Waals surface area contributed by atoms with Crippen LogP contribution in [-0.2, 0) is 11.3 Å². The first-order valence-corrected chi connectivity index (χ1v) is 9.55. The highest BCUT2D eigenvalue weighted by atomic mass is 127. The van der Waals surface area contributed by atoms with Crippen LogP contribution in [-0.4, -0.2) is 37.9 Å². The van der Waals surface area contributed by atoms with Crippen molar-refractivity contribution in [1.82, 2.24) is 10.6 Å². The van der Waals surface area contributed by atoms with Crippen LogP contribution in [0.2, 0.25) is 0 Å². The van der Waals surface area contributed by atoms with E-state index < -0.39 is 0 Å². The molecule has 152 valence electrons. The highest BCUT2D eigenvalue weighted by molar-refractivity contribution is 14.0. The van der Waals surface area contributed by atoms with E-state index in [1.54, 1.807) is 6.07 Å². The molecule has 0 amide bonds. The number of hydrogen-bond donors (Lipinski definition) is 2. The van der Waals surface area contributed by atoms with Crippen molar-refractivity contribution >= 4 is 29.9 Å². The summed E-state index contributed by atoms with van der Waals surface area (Å²) in [6, 6.07) is 5.35. The van der Waals surface area contributed by atoms with Gasteiger partial charge >= 0.3 is 0 Å². The van der Waals surface area contributed by atoms with Crippen LogP contribution in [0.15, 0.2) is 23.2 Å². The molecular formula is C20H31FIN3O2. The highest BCUT2D eigenvalue weighted by Gasteiger charge is 2.59. The van der Waals surface area contributed by atoms with Crippen molar-refractivity contribution in [2.24, 2.45) is 16.3 Å². The molecule has 0 spiro atoms. The van der Waals surface area contributed by atoms with E-state index in [-0.39, 0.29) is 41.0 Å². The van der Waals surface area contributed by atoms with Gasteiger partial charge in [-0.1, -0.05) is 19.9 Å². The molecule has 1 aliphatic carbocycles. The van der Waals surface area contributed by atoms with Crippen LogP contribution >= 0.6 is 24.0 Å². The van der Waals surface area contributed by atoms with E-state index in [4.69, 9.17) is 9.47 Å². The van der Waals surface area contributed by atoms with Gasteiger partial charge in [0.1, 0.15) is 0 Å². The number of aliphatic imine (C=N–C) groups is 1. The largest absolute Gasteiger partial charge is 0.491 e. The fourth-order valence-electron chi connectivity index (χ4n) is 4.17. The summed E-state index contributed by atoms with van der Waals surface area (Å²) in [7, 11) is 0. The monoisotopic (exact) mass is 491 g/mol. The molecule has 3 atom stereocenters. The van der Waals surface area contributed by atoms with Gasteiger partial charge in [0.15, 0.2) is 17.5 Å². The Balaban J connectivity index is 0.00000261. The number of nitrogens with one attached hydrogen (secondary N) is 2. The molecule has 2 aliphatic rings. The van der Waals surface area contributed by atoms with Crippen molar-refractivity contribution in [3.05, 3.63) is 29.6 Å². The number of ether oxygens (including phenoxy) is 2. The standard InChI is InChI=1S/C20H30FN3O2.HI/c1-5-22-19(24-17-14-9-10-26-18(14)20(17,3)4)23-12-13-7-8-16(25-6-2)15(21)11-13;/h7-8,11,14,17-18H,5-6,9-10,12H2,1-4H3,(H2,22,23,24);1H. The molecule has 3 rings (SSSR count). The summed E-state index contributed by atoms with van der Waals surface area (Å²) in [5, 5.41) is 6.87. The van der Waals surface area contributed by atoms with Crippen molar-refractivity contribution in [3.8, 4) is 5.75 Å². The summed E-state index contributed by atoms with van der Waals surface area (Å²) in [6.45, 7) is 10.8. The first kappa shape index (κ1) is 22.2. The molecule has 5 nitrogen and oxygen atoms in total. The SMILES string of the molecule is CCNC(=NCc1ccc(OCC)c(F)c1)NC1C2CCOC2C1(C)C.I. The highest BCUT2D eigenvalue weighted by Crippen LogP contribution is 2.52. The Bertz CT molecular complexity index is 669. The maximum absolute atomic E-state index is 14.0. The second kappa shape index (κ2) is 9.41. The zero-order valence-electron chi connectivity index (χ0n) is 16.5. The Morgan fingerprint density at radius 3 is 2.81 bits per heavy atom. The van der Waals surface area contributed by atoms with E-state index in [2.05, 4.69) is 29.5 Å². The van der Waals surface area contributed by atoms with E-state index in [1.165, 1.54) is 6.07 Å². The third kappa shape index (κ3) is 4.67. The van der Waals surface area contributed by atoms with E-state index in [1.807, 2.05) is 19.9 Å². The molecule has 1 aliphatic heterocycles. The topological polar surface area (TPSA) is 54.9 Å². The lowest BCUT2D eigenvalue weighted by Gasteiger charge is -2.54. The van der Waals surface area contributed by atoms with Crippen molar-refractivity contribution in [1.29, 1.82) is 0 Å². The third-order valence-corrected chi connectivity index (χ3v) is 5.45. The fraction of sp³-hybridized carbons (Fsp3) is 0.650. The maximum Gasteiger partial charge on any atom is 0.191 e. The zero-order chi connectivity index (χ0) is 18.7. The van der Waals surface area contributed by atoms with Crippen LogP contribution in [0.25, 0.3) is 0 Å². The lowest BCUT2D eigenvalue weighted by molar-refractivity contribution is -0.106. The van der Waals surface area contributed by atoms with E-state index in [0.717, 1.165) is 31.1 Å². The van der Waals surface area contributed by atoms with Gasteiger partial charge in [0.2, 0.25) is 0 Å². The summed E-state index contributed by atoms with van der Waals surface area (Å²) in [5.74, 6) is 1.25. The molecule has 1 saturated heterocycles. The predicted molar refractivity (Wildman–Crippen MR) is 116 cm³/mol. The van der Waals surface area contributed by atoms with Gasteiger partial charge in [0.25, 0.3) is 0 Å². The van der Waals surface area contributed by atoms with Crippen molar-refractivity contribution in [3.63, 3.8) is 0 Å². The van der Waals surface area contributed by atoms with Crippen LogP contribution in [0.4, 0.5) is 4.39 Å². The number of rotatable bonds is 6. The molecule has 0 bridgehead atoms. The van der Waals surface area contributed by atoms with Crippen molar-refractivity contribution in [2.75, 3.05) is 19.8 Å². The molecule has 1 aromatic rings. The van der Waals surface area contributed by atoms with E-state index in [9.17, 15) is 4.39 Å². The maximum atomic E-state index is 14.0. The molecular weight excluding hydrogens is 460 g/mol. The minimum Gasteiger partial charge on any atom is -0.491 e. The number of hydrogen-bond acceptors (Lipinski definition) is 3. The number of benzene rings is 1. The minimum atomic E-state index is -0.344. The van der Waals surface area contributed by atoms with Crippen molar-refractivity contribution < 1.29 is 13.9 Å². The normalized spacial score (nSPS) is 25.8. The first-order chi connectivity index (χ1) is 12.5. The molecule has 2 N–H and O–H groups in total. The van der Waals surface area contributed by atoms with Crippen LogP contribution in [0.1, 0.15) is 39.7 Å². The fourth-order valence-corrected chi connectivity index (χ4v) is 4.17. The molecule has 1 saturated carbocycles. The molecule has 2 fully saturated rings. The van der Waals surface area contributed by atoms with Crippen LogP contribution < -0.4 is 15.4 Å². The van der Waals surface area contributed by atoms with Gasteiger partial charge < -0.3 is 20.1 Å². The average molecular weight is 491 g/mol. The molecule has 0 radical (unpaired) electrons. The Labute approximate surface area is 178 Å². The lowest BCUT2D eigenvalue weighted by atomic mass is 9.57. The van der Waals surface area contributed by atoms with Gasteiger partial charge in [-0.05, 0) is 38.0 Å². The second-order valence-corrected chi connectivity index (χ2v) is 7.58. The predicted octanol–water partition coefficient (Wildman–Crippen LogP) is 3.71. The van der Waals surface area contributed by atoms with Crippen LogP contribution in [0.5, 0.6) is 5.75 Å². The quantitative estimate of drug-likeness (QED) is 0.362. The first-order valence-electron chi connectivity index (χ1n) is 9.55. The zero-order valence-corrected chi connectivity index (χ0v) is 18.9. The van der Waals surface area contributed by atoms with E-state index >= 15 is 0 Å². The smallest absolute Gasteiger partial charge is 0.191 e. The molecule has 0 aromatic heterocycles. The Hall–Kier alpha value is -1.09. The number of guanidine groups is 1. The van der Waals surface area contributed by atoms with Gasteiger partial charge in [0, 0.05) is 30.5 Å².